The van der Waals surface area contributed by atoms with Gasteiger partial charge in [0.25, 0.3) is 5.91 Å². The summed E-state index contributed by atoms with van der Waals surface area (Å²) in [4.78, 5) is 25.6. The molecule has 0 spiro atoms. The van der Waals surface area contributed by atoms with Gasteiger partial charge >= 0.3 is 0 Å². The minimum atomic E-state index is -0.114. The zero-order chi connectivity index (χ0) is 17.6. The molecule has 25 heavy (non-hydrogen) atoms. The smallest absolute Gasteiger partial charge is 0.264 e. The molecule has 1 aromatic heterocycles. The van der Waals surface area contributed by atoms with Crippen molar-refractivity contribution < 1.29 is 14.3 Å². The van der Waals surface area contributed by atoms with E-state index < -0.39 is 0 Å². The lowest BCUT2D eigenvalue weighted by atomic mass is 9.86. The Labute approximate surface area is 144 Å². The third-order valence-electron chi connectivity index (χ3n) is 4.63. The number of nitrogens with zero attached hydrogens (tertiary/aromatic N) is 3. The summed E-state index contributed by atoms with van der Waals surface area (Å²) in [5, 5.41) is 7.22. The van der Waals surface area contributed by atoms with E-state index in [0.29, 0.717) is 30.1 Å². The number of likely N-dealkylation sites (N-methyl/N-ethyl adjacent to an activating group) is 1. The summed E-state index contributed by atoms with van der Waals surface area (Å²) >= 11 is 0. The molecule has 0 unspecified atom stereocenters. The number of ether oxygens (including phenoxy) is 1. The van der Waals surface area contributed by atoms with Gasteiger partial charge in [-0.1, -0.05) is 6.08 Å². The van der Waals surface area contributed by atoms with Crippen LogP contribution < -0.4 is 15.0 Å². The molecular formula is C18H18N4O3. The third kappa shape index (κ3) is 2.57. The van der Waals surface area contributed by atoms with E-state index in [1.807, 2.05) is 12.3 Å². The Morgan fingerprint density at radius 1 is 1.44 bits per heavy atom. The predicted octanol–water partition coefficient (Wildman–Crippen LogP) is 1.90. The lowest BCUT2D eigenvalue weighted by Crippen LogP contribution is -2.36. The van der Waals surface area contributed by atoms with Gasteiger partial charge in [-0.25, -0.2) is 0 Å². The van der Waals surface area contributed by atoms with Gasteiger partial charge in [-0.05, 0) is 23.3 Å². The highest BCUT2D eigenvalue weighted by molar-refractivity contribution is 6.01. The highest BCUT2D eigenvalue weighted by Crippen LogP contribution is 2.44. The second-order valence-electron chi connectivity index (χ2n) is 6.24. The first-order valence-electron chi connectivity index (χ1n) is 8.07. The lowest BCUT2D eigenvalue weighted by molar-refractivity contribution is -0.121. The molecule has 1 atom stereocenters. The van der Waals surface area contributed by atoms with Crippen LogP contribution in [0, 0.1) is 0 Å². The summed E-state index contributed by atoms with van der Waals surface area (Å²) in [6, 6.07) is 3.72. The maximum atomic E-state index is 12.2. The topological polar surface area (TPSA) is 76.5 Å². The Morgan fingerprint density at radius 3 is 3.08 bits per heavy atom. The van der Waals surface area contributed by atoms with Crippen LogP contribution in [0.2, 0.25) is 0 Å². The van der Waals surface area contributed by atoms with Gasteiger partial charge in [0.15, 0.2) is 6.61 Å². The third-order valence-corrected chi connectivity index (χ3v) is 4.63. The monoisotopic (exact) mass is 338 g/mol. The van der Waals surface area contributed by atoms with Crippen molar-refractivity contribution in [3.63, 3.8) is 0 Å². The molecule has 0 saturated carbocycles. The second kappa shape index (κ2) is 5.77. The second-order valence-corrected chi connectivity index (χ2v) is 6.24. The summed E-state index contributed by atoms with van der Waals surface area (Å²) < 4.78 is 7.38. The van der Waals surface area contributed by atoms with Gasteiger partial charge in [0, 0.05) is 31.3 Å². The van der Waals surface area contributed by atoms with Crippen LogP contribution in [-0.4, -0.2) is 35.2 Å². The molecule has 0 aliphatic carbocycles. The molecule has 7 nitrogen and oxygen atoms in total. The average molecular weight is 338 g/mol. The van der Waals surface area contributed by atoms with Crippen molar-refractivity contribution in [2.24, 2.45) is 0 Å². The normalized spacial score (nSPS) is 18.9. The summed E-state index contributed by atoms with van der Waals surface area (Å²) in [5.41, 5.74) is 3.32. The van der Waals surface area contributed by atoms with Crippen molar-refractivity contribution in [3.8, 4) is 5.75 Å². The van der Waals surface area contributed by atoms with Crippen molar-refractivity contribution in [2.75, 3.05) is 23.9 Å². The first-order valence-corrected chi connectivity index (χ1v) is 8.07. The van der Waals surface area contributed by atoms with E-state index in [-0.39, 0.29) is 24.3 Å². The van der Waals surface area contributed by atoms with Gasteiger partial charge in [0.05, 0.1) is 18.4 Å². The number of carbonyl (C=O) groups excluding carboxylic acids is 2. The number of aromatic nitrogens is 2. The first-order chi connectivity index (χ1) is 12.1. The van der Waals surface area contributed by atoms with Crippen LogP contribution in [-0.2, 0) is 16.1 Å². The SMILES string of the molecule is C=CCn1cc([C@H]2CC(=O)Nc3cc4c(cc32)OCC(=O)N4C)cn1. The van der Waals surface area contributed by atoms with Crippen LogP contribution in [0.15, 0.2) is 37.2 Å². The molecule has 0 saturated heterocycles. The first kappa shape index (κ1) is 15.4. The molecule has 4 rings (SSSR count). The molecule has 128 valence electrons. The summed E-state index contributed by atoms with van der Waals surface area (Å²) in [6.45, 7) is 4.35. The number of carbonyl (C=O) groups is 2. The van der Waals surface area contributed by atoms with Crippen molar-refractivity contribution in [1.82, 2.24) is 9.78 Å². The molecule has 2 amide bonds. The Bertz CT molecular complexity index is 886. The molecule has 1 N–H and O–H groups in total. The number of hydrogen-bond donors (Lipinski definition) is 1. The fourth-order valence-corrected chi connectivity index (χ4v) is 3.31. The molecule has 3 heterocycles. The van der Waals surface area contributed by atoms with Crippen LogP contribution in [0.3, 0.4) is 0 Å². The molecule has 2 aliphatic rings. The Hall–Kier alpha value is -3.09. The average Bonchev–Trinajstić information content (AvgIpc) is 3.05. The molecule has 0 fully saturated rings. The van der Waals surface area contributed by atoms with Crippen LogP contribution >= 0.6 is 0 Å². The van der Waals surface area contributed by atoms with Crippen LogP contribution in [0.5, 0.6) is 5.75 Å². The molecule has 0 bridgehead atoms. The summed E-state index contributed by atoms with van der Waals surface area (Å²) in [7, 11) is 1.71. The van der Waals surface area contributed by atoms with Crippen LogP contribution in [0.25, 0.3) is 0 Å². The zero-order valence-electron chi connectivity index (χ0n) is 13.9. The molecule has 2 aliphatic heterocycles. The lowest BCUT2D eigenvalue weighted by Gasteiger charge is -2.31. The van der Waals surface area contributed by atoms with Crippen molar-refractivity contribution >= 4 is 23.2 Å². The van der Waals surface area contributed by atoms with Gasteiger partial charge in [-0.15, -0.1) is 6.58 Å². The summed E-state index contributed by atoms with van der Waals surface area (Å²) in [5.74, 6) is 0.385. The van der Waals surface area contributed by atoms with E-state index in [1.54, 1.807) is 35.0 Å². The van der Waals surface area contributed by atoms with E-state index in [0.717, 1.165) is 11.1 Å². The van der Waals surface area contributed by atoms with E-state index in [2.05, 4.69) is 17.0 Å². The van der Waals surface area contributed by atoms with E-state index in [1.165, 1.54) is 0 Å². The molecule has 2 aromatic rings. The fraction of sp³-hybridized carbons (Fsp3) is 0.278. The number of amides is 2. The maximum Gasteiger partial charge on any atom is 0.264 e. The van der Waals surface area contributed by atoms with Gasteiger partial charge < -0.3 is 15.0 Å². The number of nitrogens with one attached hydrogen (secondary N) is 1. The number of anilines is 2. The Morgan fingerprint density at radius 2 is 2.28 bits per heavy atom. The number of hydrogen-bond acceptors (Lipinski definition) is 4. The van der Waals surface area contributed by atoms with Crippen molar-refractivity contribution in [3.05, 3.63) is 48.3 Å². The number of fused-ring (bicyclic) bond motifs is 2. The number of benzene rings is 1. The van der Waals surface area contributed by atoms with Gasteiger partial charge in [0.1, 0.15) is 5.75 Å². The zero-order valence-corrected chi connectivity index (χ0v) is 13.9. The Balaban J connectivity index is 1.78. The van der Waals surface area contributed by atoms with Crippen LogP contribution in [0.4, 0.5) is 11.4 Å². The minimum Gasteiger partial charge on any atom is -0.482 e. The molecular weight excluding hydrogens is 320 g/mol. The highest BCUT2D eigenvalue weighted by Gasteiger charge is 2.31. The number of allylic oxidation sites excluding steroid dienone is 1. The van der Waals surface area contributed by atoms with Gasteiger partial charge in [-0.2, -0.15) is 5.10 Å². The maximum absolute atomic E-state index is 12.2. The molecule has 0 radical (unpaired) electrons. The molecule has 1 aromatic carbocycles. The van der Waals surface area contributed by atoms with Gasteiger partial charge in [-0.3, -0.25) is 14.3 Å². The van der Waals surface area contributed by atoms with Crippen molar-refractivity contribution in [2.45, 2.75) is 18.9 Å². The highest BCUT2D eigenvalue weighted by atomic mass is 16.5. The Kier molecular flexibility index (Phi) is 3.56. The number of rotatable bonds is 3. The fourth-order valence-electron chi connectivity index (χ4n) is 3.31. The largest absolute Gasteiger partial charge is 0.482 e. The minimum absolute atomic E-state index is 0.0244. The van der Waals surface area contributed by atoms with E-state index >= 15 is 0 Å². The van der Waals surface area contributed by atoms with E-state index in [9.17, 15) is 9.59 Å². The molecule has 7 heteroatoms. The van der Waals surface area contributed by atoms with Gasteiger partial charge in [0.2, 0.25) is 5.91 Å². The van der Waals surface area contributed by atoms with Crippen LogP contribution in [0.1, 0.15) is 23.5 Å². The van der Waals surface area contributed by atoms with Crippen molar-refractivity contribution in [1.29, 1.82) is 0 Å². The standard InChI is InChI=1S/C18H18N4O3/c1-3-4-22-9-11(8-19-22)12-6-17(23)20-14-7-15-16(5-13(12)14)25-10-18(24)21(15)2/h3,5,7-9,12H,1,4,6,10H2,2H3,(H,20,23)/t12-/m1/s1. The van der Waals surface area contributed by atoms with E-state index in [4.69, 9.17) is 4.74 Å². The predicted molar refractivity (Wildman–Crippen MR) is 92.9 cm³/mol. The summed E-state index contributed by atoms with van der Waals surface area (Å²) in [6.07, 6.45) is 5.84. The quantitative estimate of drug-likeness (QED) is 0.867.